The Labute approximate surface area is 155 Å². The van der Waals surface area contributed by atoms with Gasteiger partial charge in [-0.05, 0) is 51.8 Å². The summed E-state index contributed by atoms with van der Waals surface area (Å²) in [6, 6.07) is 1.87. The van der Waals surface area contributed by atoms with Crippen LogP contribution in [-0.4, -0.2) is 38.7 Å². The molecular formula is C18H22N6OS. The molecule has 4 heterocycles. The van der Waals surface area contributed by atoms with E-state index in [1.54, 1.807) is 16.0 Å². The van der Waals surface area contributed by atoms with Crippen LogP contribution in [0.1, 0.15) is 45.4 Å². The lowest BCUT2D eigenvalue weighted by atomic mass is 9.97. The number of nitrogens with one attached hydrogen (secondary N) is 2. The molecule has 3 aromatic rings. The van der Waals surface area contributed by atoms with E-state index in [0.29, 0.717) is 22.3 Å². The van der Waals surface area contributed by atoms with Crippen LogP contribution < -0.4 is 10.6 Å². The molecule has 2 N–H and O–H groups in total. The molecule has 7 nitrogen and oxygen atoms in total. The van der Waals surface area contributed by atoms with Gasteiger partial charge in [-0.2, -0.15) is 5.10 Å². The highest BCUT2D eigenvalue weighted by molar-refractivity contribution is 7.15. The molecule has 1 fully saturated rings. The molecule has 8 heteroatoms. The van der Waals surface area contributed by atoms with Crippen molar-refractivity contribution >= 4 is 33.4 Å². The first-order valence-corrected chi connectivity index (χ1v) is 9.63. The number of aryl methyl sites for hydroxylation is 3. The Kier molecular flexibility index (Phi) is 4.46. The van der Waals surface area contributed by atoms with Crippen LogP contribution in [0.3, 0.4) is 0 Å². The van der Waals surface area contributed by atoms with E-state index in [4.69, 9.17) is 0 Å². The Hall–Kier alpha value is -2.32. The van der Waals surface area contributed by atoms with Crippen LogP contribution >= 0.6 is 11.3 Å². The van der Waals surface area contributed by atoms with E-state index in [0.717, 1.165) is 42.7 Å². The number of hydrogen-bond acceptors (Lipinski definition) is 6. The minimum absolute atomic E-state index is 0.175. The lowest BCUT2D eigenvalue weighted by Crippen LogP contribution is -2.26. The number of nitrogens with zero attached hydrogens (tertiary/aromatic N) is 4. The van der Waals surface area contributed by atoms with E-state index in [9.17, 15) is 4.79 Å². The van der Waals surface area contributed by atoms with E-state index in [1.165, 1.54) is 4.88 Å². The topological polar surface area (TPSA) is 84.7 Å². The van der Waals surface area contributed by atoms with Crippen molar-refractivity contribution in [3.05, 3.63) is 34.1 Å². The van der Waals surface area contributed by atoms with Gasteiger partial charge in [0.05, 0.1) is 17.0 Å². The maximum absolute atomic E-state index is 12.8. The number of piperidine rings is 1. The fraction of sp³-hybridized carbons (Fsp3) is 0.444. The Balaban J connectivity index is 1.56. The van der Waals surface area contributed by atoms with Gasteiger partial charge in [0.25, 0.3) is 5.91 Å². The number of pyridine rings is 1. The minimum atomic E-state index is -0.175. The Bertz CT molecular complexity index is 970. The lowest BCUT2D eigenvalue weighted by Gasteiger charge is -2.20. The second-order valence-electron chi connectivity index (χ2n) is 6.75. The molecule has 0 saturated carbocycles. The van der Waals surface area contributed by atoms with Gasteiger partial charge in [-0.3, -0.25) is 14.8 Å². The number of fused-ring (bicyclic) bond motifs is 1. The van der Waals surface area contributed by atoms with E-state index in [1.807, 2.05) is 33.2 Å². The van der Waals surface area contributed by atoms with Crippen LogP contribution in [0.15, 0.2) is 12.3 Å². The molecule has 0 atom stereocenters. The Morgan fingerprint density at radius 1 is 1.31 bits per heavy atom. The normalized spacial score (nSPS) is 15.5. The van der Waals surface area contributed by atoms with Gasteiger partial charge in [0.2, 0.25) is 0 Å². The number of amides is 1. The first kappa shape index (κ1) is 17.1. The fourth-order valence-corrected chi connectivity index (χ4v) is 4.45. The number of carbonyl (C=O) groups excluding carboxylic acids is 1. The summed E-state index contributed by atoms with van der Waals surface area (Å²) in [6.45, 7) is 5.85. The van der Waals surface area contributed by atoms with Crippen molar-refractivity contribution in [3.8, 4) is 0 Å². The van der Waals surface area contributed by atoms with E-state index < -0.39 is 0 Å². The SMILES string of the molecule is Cc1nc2c(cc1C(=O)Nc1ncc(C3CCNCC3)s1)c(C)nn2C. The summed E-state index contributed by atoms with van der Waals surface area (Å²) in [6.07, 6.45) is 4.14. The first-order chi connectivity index (χ1) is 12.5. The van der Waals surface area contributed by atoms with Gasteiger partial charge in [-0.15, -0.1) is 11.3 Å². The molecular weight excluding hydrogens is 348 g/mol. The average molecular weight is 370 g/mol. The quantitative estimate of drug-likeness (QED) is 0.740. The molecule has 1 saturated heterocycles. The molecule has 26 heavy (non-hydrogen) atoms. The third kappa shape index (κ3) is 3.10. The summed E-state index contributed by atoms with van der Waals surface area (Å²) in [7, 11) is 1.86. The predicted octanol–water partition coefficient (Wildman–Crippen LogP) is 2.76. The van der Waals surface area contributed by atoms with Gasteiger partial charge in [-0.25, -0.2) is 9.97 Å². The summed E-state index contributed by atoms with van der Waals surface area (Å²) in [5.74, 6) is 0.364. The Morgan fingerprint density at radius 2 is 2.08 bits per heavy atom. The lowest BCUT2D eigenvalue weighted by molar-refractivity contribution is 0.102. The van der Waals surface area contributed by atoms with E-state index in [-0.39, 0.29) is 5.91 Å². The van der Waals surface area contributed by atoms with Crippen molar-refractivity contribution in [2.75, 3.05) is 18.4 Å². The number of thiazole rings is 1. The van der Waals surface area contributed by atoms with Crippen molar-refractivity contribution in [2.24, 2.45) is 7.05 Å². The Morgan fingerprint density at radius 3 is 2.85 bits per heavy atom. The molecule has 0 unspecified atom stereocenters. The molecule has 1 aliphatic heterocycles. The van der Waals surface area contributed by atoms with Crippen LogP contribution in [0, 0.1) is 13.8 Å². The standard InChI is InChI=1S/C18H22N6OS/c1-10-14(8-13-11(2)23-24(3)16(13)21-10)17(25)22-18-20-9-15(26-18)12-4-6-19-7-5-12/h8-9,12,19H,4-7H2,1-3H3,(H,20,22,25). The fourth-order valence-electron chi connectivity index (χ4n) is 3.47. The molecule has 4 rings (SSSR count). The molecule has 0 bridgehead atoms. The van der Waals surface area contributed by atoms with Gasteiger partial charge < -0.3 is 5.32 Å². The van der Waals surface area contributed by atoms with Crippen LogP contribution in [0.2, 0.25) is 0 Å². The summed E-state index contributed by atoms with van der Waals surface area (Å²) >= 11 is 1.57. The predicted molar refractivity (Wildman–Crippen MR) is 103 cm³/mol. The van der Waals surface area contributed by atoms with Crippen LogP contribution in [0.4, 0.5) is 5.13 Å². The number of aromatic nitrogens is 4. The molecule has 136 valence electrons. The second-order valence-corrected chi connectivity index (χ2v) is 7.81. The highest BCUT2D eigenvalue weighted by atomic mass is 32.1. The minimum Gasteiger partial charge on any atom is -0.317 e. The largest absolute Gasteiger partial charge is 0.317 e. The smallest absolute Gasteiger partial charge is 0.259 e. The maximum atomic E-state index is 12.8. The molecule has 0 aliphatic carbocycles. The molecule has 1 amide bonds. The number of anilines is 1. The first-order valence-electron chi connectivity index (χ1n) is 8.81. The highest BCUT2D eigenvalue weighted by Crippen LogP contribution is 2.32. The zero-order valence-corrected chi connectivity index (χ0v) is 16.0. The summed E-state index contributed by atoms with van der Waals surface area (Å²) < 4.78 is 1.74. The monoisotopic (exact) mass is 370 g/mol. The van der Waals surface area contributed by atoms with Crippen molar-refractivity contribution in [3.63, 3.8) is 0 Å². The van der Waals surface area contributed by atoms with Crippen molar-refractivity contribution in [1.29, 1.82) is 0 Å². The van der Waals surface area contributed by atoms with E-state index >= 15 is 0 Å². The zero-order chi connectivity index (χ0) is 18.3. The van der Waals surface area contributed by atoms with Gasteiger partial charge >= 0.3 is 0 Å². The third-order valence-electron chi connectivity index (χ3n) is 4.92. The summed E-state index contributed by atoms with van der Waals surface area (Å²) in [5, 5.41) is 12.2. The second kappa shape index (κ2) is 6.77. The molecule has 0 radical (unpaired) electrons. The van der Waals surface area contributed by atoms with Gasteiger partial charge in [0.1, 0.15) is 0 Å². The van der Waals surface area contributed by atoms with Crippen molar-refractivity contribution in [2.45, 2.75) is 32.6 Å². The van der Waals surface area contributed by atoms with Gasteiger partial charge in [0, 0.05) is 23.5 Å². The number of hydrogen-bond donors (Lipinski definition) is 2. The van der Waals surface area contributed by atoms with Crippen LogP contribution in [-0.2, 0) is 7.05 Å². The molecule has 0 aromatic carbocycles. The van der Waals surface area contributed by atoms with Crippen molar-refractivity contribution in [1.82, 2.24) is 25.1 Å². The highest BCUT2D eigenvalue weighted by Gasteiger charge is 2.20. The summed E-state index contributed by atoms with van der Waals surface area (Å²) in [4.78, 5) is 23.0. The zero-order valence-electron chi connectivity index (χ0n) is 15.2. The molecule has 3 aromatic heterocycles. The van der Waals surface area contributed by atoms with Crippen molar-refractivity contribution < 1.29 is 4.79 Å². The average Bonchev–Trinajstić information content (AvgIpc) is 3.20. The molecule has 1 aliphatic rings. The maximum Gasteiger partial charge on any atom is 0.259 e. The van der Waals surface area contributed by atoms with Gasteiger partial charge in [-0.1, -0.05) is 0 Å². The van der Waals surface area contributed by atoms with E-state index in [2.05, 4.69) is 25.7 Å². The third-order valence-corrected chi connectivity index (χ3v) is 5.99. The number of rotatable bonds is 3. The molecule has 0 spiro atoms. The number of carbonyl (C=O) groups is 1. The van der Waals surface area contributed by atoms with Gasteiger partial charge in [0.15, 0.2) is 10.8 Å². The van der Waals surface area contributed by atoms with Crippen LogP contribution in [0.5, 0.6) is 0 Å². The summed E-state index contributed by atoms with van der Waals surface area (Å²) in [5.41, 5.74) is 2.91. The van der Waals surface area contributed by atoms with Crippen LogP contribution in [0.25, 0.3) is 11.0 Å².